The van der Waals surface area contributed by atoms with Gasteiger partial charge in [0, 0.05) is 6.54 Å². The van der Waals surface area contributed by atoms with Crippen LogP contribution in [-0.2, 0) is 19.0 Å². The van der Waals surface area contributed by atoms with E-state index in [1.165, 1.54) is 17.0 Å². The van der Waals surface area contributed by atoms with Gasteiger partial charge >= 0.3 is 6.09 Å². The highest BCUT2D eigenvalue weighted by atomic mass is 32.2. The summed E-state index contributed by atoms with van der Waals surface area (Å²) in [6.07, 6.45) is -3.27. The van der Waals surface area contributed by atoms with Gasteiger partial charge in [0.1, 0.15) is 17.9 Å². The Labute approximate surface area is 148 Å². The van der Waals surface area contributed by atoms with Crippen LogP contribution in [0.25, 0.3) is 0 Å². The minimum Gasteiger partial charge on any atom is -0.444 e. The van der Waals surface area contributed by atoms with Gasteiger partial charge in [0.15, 0.2) is 0 Å². The maximum absolute atomic E-state index is 14.4. The average molecular weight is 373 g/mol. The molecule has 2 rings (SSSR count). The molecular formula is C17H24FNO5S. The Hall–Kier alpha value is -1.67. The molecule has 1 aliphatic rings. The normalized spacial score (nSPS) is 21.9. The summed E-state index contributed by atoms with van der Waals surface area (Å²) in [5, 5.41) is 0. The first kappa shape index (κ1) is 19.7. The lowest BCUT2D eigenvalue weighted by Crippen LogP contribution is -2.49. The van der Waals surface area contributed by atoms with Gasteiger partial charge in [0.25, 0.3) is 10.1 Å². The lowest BCUT2D eigenvalue weighted by atomic mass is 10.1. The fraction of sp³-hybridized carbons (Fsp3) is 0.588. The first-order valence-electron chi connectivity index (χ1n) is 8.10. The summed E-state index contributed by atoms with van der Waals surface area (Å²) in [4.78, 5) is 13.2. The summed E-state index contributed by atoms with van der Waals surface area (Å²) in [5.41, 5.74) is 0.235. The van der Waals surface area contributed by atoms with Crippen LogP contribution < -0.4 is 0 Å². The number of hydrogen-bond acceptors (Lipinski definition) is 5. The van der Waals surface area contributed by atoms with Gasteiger partial charge in [-0.05, 0) is 46.2 Å². The monoisotopic (exact) mass is 373 g/mol. The van der Waals surface area contributed by atoms with E-state index in [9.17, 15) is 17.6 Å². The molecular weight excluding hydrogens is 349 g/mol. The van der Waals surface area contributed by atoms with Crippen LogP contribution in [0.5, 0.6) is 0 Å². The number of hydrogen-bond donors (Lipinski definition) is 0. The number of likely N-dealkylation sites (tertiary alicyclic amines) is 1. The van der Waals surface area contributed by atoms with E-state index in [-0.39, 0.29) is 24.4 Å². The van der Waals surface area contributed by atoms with Crippen LogP contribution in [-0.4, -0.2) is 50.4 Å². The molecule has 0 N–H and O–H groups in total. The standard InChI is InChI=1S/C17H24FNO5S/c1-12-5-7-13(8-6-12)25(21,22)24-15-9-10-19(11-14(15)18)16(20)23-17(2,3)4/h5-8,14-15H,9-11H2,1-4H3. The smallest absolute Gasteiger partial charge is 0.410 e. The molecule has 0 radical (unpaired) electrons. The van der Waals surface area contributed by atoms with Crippen LogP contribution in [0.4, 0.5) is 9.18 Å². The molecule has 0 bridgehead atoms. The van der Waals surface area contributed by atoms with Crippen molar-refractivity contribution in [3.8, 4) is 0 Å². The second-order valence-corrected chi connectivity index (χ2v) is 8.70. The molecule has 0 aliphatic carbocycles. The SMILES string of the molecule is Cc1ccc(S(=O)(=O)OC2CCN(C(=O)OC(C)(C)C)CC2F)cc1. The van der Waals surface area contributed by atoms with Crippen molar-refractivity contribution in [3.05, 3.63) is 29.8 Å². The van der Waals surface area contributed by atoms with E-state index in [1.54, 1.807) is 32.9 Å². The van der Waals surface area contributed by atoms with E-state index < -0.39 is 34.1 Å². The number of halogens is 1. The van der Waals surface area contributed by atoms with Crippen molar-refractivity contribution in [2.75, 3.05) is 13.1 Å². The summed E-state index contributed by atoms with van der Waals surface area (Å²) in [6, 6.07) is 6.14. The first-order chi connectivity index (χ1) is 11.5. The quantitative estimate of drug-likeness (QED) is 0.762. The molecule has 1 fully saturated rings. The number of carbonyl (C=O) groups is 1. The van der Waals surface area contributed by atoms with Crippen LogP contribution in [0.1, 0.15) is 32.8 Å². The lowest BCUT2D eigenvalue weighted by Gasteiger charge is -2.35. The third kappa shape index (κ3) is 5.40. The Morgan fingerprint density at radius 3 is 2.36 bits per heavy atom. The van der Waals surface area contributed by atoms with E-state index >= 15 is 0 Å². The maximum atomic E-state index is 14.4. The molecule has 0 spiro atoms. The number of nitrogens with zero attached hydrogens (tertiary/aromatic N) is 1. The van der Waals surface area contributed by atoms with Crippen molar-refractivity contribution in [3.63, 3.8) is 0 Å². The van der Waals surface area contributed by atoms with Crippen LogP contribution in [0, 0.1) is 6.92 Å². The Balaban J connectivity index is 1.99. The summed E-state index contributed by atoms with van der Waals surface area (Å²) in [5.74, 6) is 0. The van der Waals surface area contributed by atoms with E-state index in [2.05, 4.69) is 0 Å². The largest absolute Gasteiger partial charge is 0.444 e. The third-order valence-electron chi connectivity index (χ3n) is 3.69. The number of alkyl halides is 1. The van der Waals surface area contributed by atoms with Gasteiger partial charge in [-0.2, -0.15) is 8.42 Å². The fourth-order valence-corrected chi connectivity index (χ4v) is 3.53. The van der Waals surface area contributed by atoms with Crippen molar-refractivity contribution in [2.45, 2.75) is 56.9 Å². The molecule has 2 unspecified atom stereocenters. The first-order valence-corrected chi connectivity index (χ1v) is 9.51. The Kier molecular flexibility index (Phi) is 5.73. The molecule has 1 amide bonds. The molecule has 1 aromatic carbocycles. The average Bonchev–Trinajstić information content (AvgIpc) is 2.48. The lowest BCUT2D eigenvalue weighted by molar-refractivity contribution is -0.00892. The minimum absolute atomic E-state index is 0.0140. The molecule has 0 saturated carbocycles. The number of ether oxygens (including phenoxy) is 1. The molecule has 0 aromatic heterocycles. The van der Waals surface area contributed by atoms with E-state index in [1.807, 2.05) is 6.92 Å². The van der Waals surface area contributed by atoms with Gasteiger partial charge in [-0.1, -0.05) is 17.7 Å². The van der Waals surface area contributed by atoms with Gasteiger partial charge < -0.3 is 9.64 Å². The summed E-state index contributed by atoms with van der Waals surface area (Å²) in [6.45, 7) is 6.92. The zero-order valence-corrected chi connectivity index (χ0v) is 15.7. The number of rotatable bonds is 3. The Morgan fingerprint density at radius 1 is 1.24 bits per heavy atom. The zero-order valence-electron chi connectivity index (χ0n) is 14.9. The van der Waals surface area contributed by atoms with Gasteiger partial charge in [-0.25, -0.2) is 9.18 Å². The van der Waals surface area contributed by atoms with Crippen molar-refractivity contribution in [2.24, 2.45) is 0 Å². The second kappa shape index (κ2) is 7.29. The number of aryl methyl sites for hydroxylation is 1. The molecule has 1 saturated heterocycles. The van der Waals surface area contributed by atoms with Gasteiger partial charge in [-0.3, -0.25) is 4.18 Å². The van der Waals surface area contributed by atoms with Crippen molar-refractivity contribution >= 4 is 16.2 Å². The predicted molar refractivity (Wildman–Crippen MR) is 90.6 cm³/mol. The summed E-state index contributed by atoms with van der Waals surface area (Å²) >= 11 is 0. The molecule has 25 heavy (non-hydrogen) atoms. The molecule has 1 heterocycles. The Bertz CT molecular complexity index is 712. The number of amides is 1. The highest BCUT2D eigenvalue weighted by Crippen LogP contribution is 2.24. The number of benzene rings is 1. The molecule has 6 nitrogen and oxygen atoms in total. The summed E-state index contributed by atoms with van der Waals surface area (Å²) in [7, 11) is -4.05. The van der Waals surface area contributed by atoms with E-state index in [4.69, 9.17) is 8.92 Å². The number of piperidine rings is 1. The molecule has 2 atom stereocenters. The number of carbonyl (C=O) groups excluding carboxylic acids is 1. The van der Waals surface area contributed by atoms with Gasteiger partial charge in [-0.15, -0.1) is 0 Å². The van der Waals surface area contributed by atoms with Crippen LogP contribution in [0.3, 0.4) is 0 Å². The predicted octanol–water partition coefficient (Wildman–Crippen LogP) is 3.05. The highest BCUT2D eigenvalue weighted by molar-refractivity contribution is 7.86. The van der Waals surface area contributed by atoms with Crippen molar-refractivity contribution in [1.82, 2.24) is 4.90 Å². The van der Waals surface area contributed by atoms with Crippen LogP contribution in [0.2, 0.25) is 0 Å². The van der Waals surface area contributed by atoms with Crippen LogP contribution >= 0.6 is 0 Å². The van der Waals surface area contributed by atoms with Crippen molar-refractivity contribution in [1.29, 1.82) is 0 Å². The molecule has 140 valence electrons. The molecule has 1 aromatic rings. The highest BCUT2D eigenvalue weighted by Gasteiger charge is 2.37. The van der Waals surface area contributed by atoms with Crippen molar-refractivity contribution < 1.29 is 26.5 Å². The maximum Gasteiger partial charge on any atom is 0.410 e. The zero-order chi connectivity index (χ0) is 18.8. The fourth-order valence-electron chi connectivity index (χ4n) is 2.41. The third-order valence-corrected chi connectivity index (χ3v) is 5.04. The second-order valence-electron chi connectivity index (χ2n) is 7.13. The molecule has 8 heteroatoms. The van der Waals surface area contributed by atoms with Gasteiger partial charge in [0.2, 0.25) is 0 Å². The molecule has 1 aliphatic heterocycles. The minimum atomic E-state index is -4.05. The topological polar surface area (TPSA) is 72.9 Å². The van der Waals surface area contributed by atoms with Gasteiger partial charge in [0.05, 0.1) is 11.4 Å². The van der Waals surface area contributed by atoms with E-state index in [0.29, 0.717) is 0 Å². The van der Waals surface area contributed by atoms with E-state index in [0.717, 1.165) is 5.56 Å². The Morgan fingerprint density at radius 2 is 1.84 bits per heavy atom. The van der Waals surface area contributed by atoms with Crippen LogP contribution in [0.15, 0.2) is 29.2 Å². The summed E-state index contributed by atoms with van der Waals surface area (Å²) < 4.78 is 49.2.